The van der Waals surface area contributed by atoms with Gasteiger partial charge in [-0.15, -0.1) is 0 Å². The van der Waals surface area contributed by atoms with Gasteiger partial charge in [0.2, 0.25) is 5.91 Å². The van der Waals surface area contributed by atoms with Crippen molar-refractivity contribution < 1.29 is 14.0 Å². The van der Waals surface area contributed by atoms with E-state index in [1.807, 2.05) is 6.07 Å². The summed E-state index contributed by atoms with van der Waals surface area (Å²) in [4.78, 5) is 24.9. The van der Waals surface area contributed by atoms with Crippen molar-refractivity contribution in [2.24, 2.45) is 0 Å². The smallest absolute Gasteiger partial charge is 0.228 e. The number of anilines is 1. The Hall–Kier alpha value is -3.27. The molecule has 0 aromatic heterocycles. The standard InChI is InChI=1S/C21H16FNO2/c22-18-12-6-4-10-16(18)14-20(24)23-19-13-7-5-11-17(19)21(25)15-8-2-1-3-9-15/h1-13H,14H2,(H,23,24). The van der Waals surface area contributed by atoms with Gasteiger partial charge in [0.1, 0.15) is 5.82 Å². The molecule has 1 N–H and O–H groups in total. The van der Waals surface area contributed by atoms with Gasteiger partial charge in [0.15, 0.2) is 5.78 Å². The minimum Gasteiger partial charge on any atom is -0.325 e. The quantitative estimate of drug-likeness (QED) is 0.710. The Morgan fingerprint density at radius 3 is 2.20 bits per heavy atom. The van der Waals surface area contributed by atoms with Crippen molar-refractivity contribution in [1.29, 1.82) is 0 Å². The molecule has 0 spiro atoms. The molecule has 3 aromatic rings. The van der Waals surface area contributed by atoms with E-state index in [1.165, 1.54) is 6.07 Å². The molecule has 0 aliphatic heterocycles. The molecular formula is C21H16FNO2. The van der Waals surface area contributed by atoms with Gasteiger partial charge < -0.3 is 5.32 Å². The van der Waals surface area contributed by atoms with Crippen LogP contribution in [-0.4, -0.2) is 11.7 Å². The number of amides is 1. The summed E-state index contributed by atoms with van der Waals surface area (Å²) in [6.07, 6.45) is -0.0967. The Balaban J connectivity index is 1.81. The van der Waals surface area contributed by atoms with Crippen molar-refractivity contribution >= 4 is 17.4 Å². The molecule has 3 aromatic carbocycles. The summed E-state index contributed by atoms with van der Waals surface area (Å²) in [5.74, 6) is -0.980. The summed E-state index contributed by atoms with van der Waals surface area (Å²) in [5, 5.41) is 2.71. The number of benzene rings is 3. The van der Waals surface area contributed by atoms with Gasteiger partial charge in [0.05, 0.1) is 12.1 Å². The second-order valence-corrected chi connectivity index (χ2v) is 5.56. The van der Waals surface area contributed by atoms with E-state index in [2.05, 4.69) is 5.32 Å². The van der Waals surface area contributed by atoms with Crippen LogP contribution in [0, 0.1) is 5.82 Å². The molecule has 0 unspecified atom stereocenters. The lowest BCUT2D eigenvalue weighted by Gasteiger charge is -2.11. The average molecular weight is 333 g/mol. The molecule has 0 aliphatic carbocycles. The number of carbonyl (C=O) groups excluding carboxylic acids is 2. The molecule has 0 bridgehead atoms. The molecule has 3 rings (SSSR count). The van der Waals surface area contributed by atoms with Crippen LogP contribution in [0.15, 0.2) is 78.9 Å². The lowest BCUT2D eigenvalue weighted by atomic mass is 10.0. The van der Waals surface area contributed by atoms with Gasteiger partial charge in [0, 0.05) is 11.1 Å². The number of carbonyl (C=O) groups is 2. The molecule has 0 atom stereocenters. The number of para-hydroxylation sites is 1. The van der Waals surface area contributed by atoms with Gasteiger partial charge in [0.25, 0.3) is 0 Å². The van der Waals surface area contributed by atoms with Crippen LogP contribution in [0.2, 0.25) is 0 Å². The molecule has 4 heteroatoms. The van der Waals surface area contributed by atoms with E-state index in [-0.39, 0.29) is 18.1 Å². The van der Waals surface area contributed by atoms with E-state index in [1.54, 1.807) is 66.7 Å². The maximum atomic E-state index is 13.7. The molecule has 0 heterocycles. The van der Waals surface area contributed by atoms with Crippen LogP contribution in [0.1, 0.15) is 21.5 Å². The highest BCUT2D eigenvalue weighted by molar-refractivity contribution is 6.13. The predicted molar refractivity (Wildman–Crippen MR) is 95.1 cm³/mol. The first-order chi connectivity index (χ1) is 12.1. The Bertz CT molecular complexity index is 907. The number of hydrogen-bond donors (Lipinski definition) is 1. The van der Waals surface area contributed by atoms with Gasteiger partial charge >= 0.3 is 0 Å². The number of nitrogens with one attached hydrogen (secondary N) is 1. The van der Waals surface area contributed by atoms with E-state index in [0.717, 1.165) is 0 Å². The summed E-state index contributed by atoms with van der Waals surface area (Å²) >= 11 is 0. The Kier molecular flexibility index (Phi) is 5.00. The van der Waals surface area contributed by atoms with E-state index in [9.17, 15) is 14.0 Å². The van der Waals surface area contributed by atoms with E-state index >= 15 is 0 Å². The molecule has 0 fully saturated rings. The summed E-state index contributed by atoms with van der Waals surface area (Å²) in [7, 11) is 0. The van der Waals surface area contributed by atoms with E-state index in [4.69, 9.17) is 0 Å². The third-order valence-electron chi connectivity index (χ3n) is 3.79. The van der Waals surface area contributed by atoms with Crippen molar-refractivity contribution in [3.63, 3.8) is 0 Å². The fourth-order valence-corrected chi connectivity index (χ4v) is 2.54. The zero-order valence-electron chi connectivity index (χ0n) is 13.4. The Morgan fingerprint density at radius 2 is 1.44 bits per heavy atom. The van der Waals surface area contributed by atoms with Gasteiger partial charge in [-0.2, -0.15) is 0 Å². The topological polar surface area (TPSA) is 46.2 Å². The fraction of sp³-hybridized carbons (Fsp3) is 0.0476. The average Bonchev–Trinajstić information content (AvgIpc) is 2.64. The molecule has 0 saturated heterocycles. The maximum absolute atomic E-state index is 13.7. The summed E-state index contributed by atoms with van der Waals surface area (Å²) in [6.45, 7) is 0. The molecule has 124 valence electrons. The third-order valence-corrected chi connectivity index (χ3v) is 3.79. The van der Waals surface area contributed by atoms with Crippen molar-refractivity contribution in [1.82, 2.24) is 0 Å². The molecule has 1 amide bonds. The van der Waals surface area contributed by atoms with Crippen LogP contribution in [0.4, 0.5) is 10.1 Å². The first-order valence-electron chi connectivity index (χ1n) is 7.87. The monoisotopic (exact) mass is 333 g/mol. The largest absolute Gasteiger partial charge is 0.325 e. The predicted octanol–water partition coefficient (Wildman–Crippen LogP) is 4.24. The van der Waals surface area contributed by atoms with Crippen molar-refractivity contribution in [2.45, 2.75) is 6.42 Å². The first kappa shape index (κ1) is 16.6. The molecule has 25 heavy (non-hydrogen) atoms. The Labute approximate surface area is 145 Å². The highest BCUT2D eigenvalue weighted by Gasteiger charge is 2.15. The molecule has 0 aliphatic rings. The van der Waals surface area contributed by atoms with Crippen LogP contribution in [-0.2, 0) is 11.2 Å². The molecular weight excluding hydrogens is 317 g/mol. The van der Waals surface area contributed by atoms with Crippen molar-refractivity contribution in [3.8, 4) is 0 Å². The van der Waals surface area contributed by atoms with Crippen LogP contribution < -0.4 is 5.32 Å². The van der Waals surface area contributed by atoms with Gasteiger partial charge in [-0.1, -0.05) is 60.7 Å². The van der Waals surface area contributed by atoms with E-state index in [0.29, 0.717) is 22.4 Å². The minimum absolute atomic E-state index is 0.0967. The van der Waals surface area contributed by atoms with Crippen LogP contribution in [0.5, 0.6) is 0 Å². The number of ketones is 1. The third kappa shape index (κ3) is 3.98. The fourth-order valence-electron chi connectivity index (χ4n) is 2.54. The number of hydrogen-bond acceptors (Lipinski definition) is 2. The van der Waals surface area contributed by atoms with Gasteiger partial charge in [-0.25, -0.2) is 4.39 Å². The van der Waals surface area contributed by atoms with Gasteiger partial charge in [-0.05, 0) is 23.8 Å². The highest BCUT2D eigenvalue weighted by atomic mass is 19.1. The minimum atomic E-state index is -0.425. The summed E-state index contributed by atoms with van der Waals surface area (Å²) in [5.41, 5.74) is 1.67. The molecule has 0 radical (unpaired) electrons. The lowest BCUT2D eigenvalue weighted by Crippen LogP contribution is -2.17. The van der Waals surface area contributed by atoms with Gasteiger partial charge in [-0.3, -0.25) is 9.59 Å². The summed E-state index contributed by atoms with van der Waals surface area (Å²) < 4.78 is 13.7. The highest BCUT2D eigenvalue weighted by Crippen LogP contribution is 2.20. The summed E-state index contributed by atoms with van der Waals surface area (Å²) in [6, 6.07) is 21.8. The molecule has 0 saturated carbocycles. The van der Waals surface area contributed by atoms with Crippen LogP contribution in [0.3, 0.4) is 0 Å². The zero-order valence-corrected chi connectivity index (χ0v) is 13.4. The Morgan fingerprint density at radius 1 is 0.800 bits per heavy atom. The van der Waals surface area contributed by atoms with Crippen molar-refractivity contribution in [3.05, 3.63) is 101 Å². The normalized spacial score (nSPS) is 10.3. The number of rotatable bonds is 5. The number of halogens is 1. The maximum Gasteiger partial charge on any atom is 0.228 e. The second kappa shape index (κ2) is 7.53. The van der Waals surface area contributed by atoms with Crippen LogP contribution in [0.25, 0.3) is 0 Å². The van der Waals surface area contributed by atoms with E-state index < -0.39 is 5.82 Å². The zero-order chi connectivity index (χ0) is 17.6. The van der Waals surface area contributed by atoms with Crippen molar-refractivity contribution in [2.75, 3.05) is 5.32 Å². The lowest BCUT2D eigenvalue weighted by molar-refractivity contribution is -0.115. The first-order valence-corrected chi connectivity index (χ1v) is 7.87. The second-order valence-electron chi connectivity index (χ2n) is 5.56. The molecule has 3 nitrogen and oxygen atoms in total. The van der Waals surface area contributed by atoms with Crippen LogP contribution >= 0.6 is 0 Å². The SMILES string of the molecule is O=C(Cc1ccccc1F)Nc1ccccc1C(=O)c1ccccc1.